The molecule has 1 aliphatic carbocycles. The molecule has 1 saturated carbocycles. The highest BCUT2D eigenvalue weighted by molar-refractivity contribution is 7.13. The van der Waals surface area contributed by atoms with Crippen LogP contribution in [-0.4, -0.2) is 33.3 Å². The van der Waals surface area contributed by atoms with Crippen LogP contribution in [0.1, 0.15) is 31.4 Å². The molecule has 0 aromatic carbocycles. The van der Waals surface area contributed by atoms with Crippen molar-refractivity contribution in [2.24, 2.45) is 5.16 Å². The van der Waals surface area contributed by atoms with E-state index >= 15 is 0 Å². The summed E-state index contributed by atoms with van der Waals surface area (Å²) in [5.41, 5.74) is 5.48. The molecule has 0 unspecified atom stereocenters. The minimum Gasteiger partial charge on any atom is -0.476 e. The molecule has 1 aromatic heterocycles. The summed E-state index contributed by atoms with van der Waals surface area (Å²) in [6.07, 6.45) is 3.19. The van der Waals surface area contributed by atoms with Crippen molar-refractivity contribution in [3.8, 4) is 0 Å². The molecule has 0 bridgehead atoms. The van der Waals surface area contributed by atoms with Gasteiger partial charge < -0.3 is 15.7 Å². The molecular formula is C11H14ClN3O3S. The first kappa shape index (κ1) is 14.1. The van der Waals surface area contributed by atoms with E-state index in [2.05, 4.69) is 10.1 Å². The van der Waals surface area contributed by atoms with Crippen molar-refractivity contribution >= 4 is 39.8 Å². The first-order chi connectivity index (χ1) is 9.06. The van der Waals surface area contributed by atoms with Gasteiger partial charge in [-0.15, -0.1) is 22.9 Å². The second-order valence-corrected chi connectivity index (χ2v) is 5.80. The lowest BCUT2D eigenvalue weighted by molar-refractivity contribution is -0.129. The van der Waals surface area contributed by atoms with E-state index in [1.807, 2.05) is 0 Å². The lowest BCUT2D eigenvalue weighted by Crippen LogP contribution is -2.22. The number of oxime groups is 1. The molecule has 2 rings (SSSR count). The number of anilines is 1. The van der Waals surface area contributed by atoms with Gasteiger partial charge >= 0.3 is 5.97 Å². The normalized spacial score (nSPS) is 24.2. The molecule has 8 heteroatoms. The summed E-state index contributed by atoms with van der Waals surface area (Å²) in [6, 6.07) is 0. The van der Waals surface area contributed by atoms with Gasteiger partial charge in [0.15, 0.2) is 5.13 Å². The summed E-state index contributed by atoms with van der Waals surface area (Å²) in [5, 5.41) is 14.8. The van der Waals surface area contributed by atoms with Crippen LogP contribution in [0.15, 0.2) is 10.5 Å². The number of hydrogen-bond acceptors (Lipinski definition) is 6. The maximum absolute atomic E-state index is 11.1. The maximum atomic E-state index is 11.1. The van der Waals surface area contributed by atoms with Crippen LogP contribution >= 0.6 is 22.9 Å². The van der Waals surface area contributed by atoms with Crippen LogP contribution < -0.4 is 5.73 Å². The predicted octanol–water partition coefficient (Wildman–Crippen LogP) is 2.08. The van der Waals surface area contributed by atoms with Gasteiger partial charge in [-0.25, -0.2) is 9.78 Å². The van der Waals surface area contributed by atoms with Gasteiger partial charge in [0.05, 0.1) is 0 Å². The monoisotopic (exact) mass is 303 g/mol. The molecule has 0 spiro atoms. The molecule has 0 saturated heterocycles. The Bertz CT molecular complexity index is 483. The van der Waals surface area contributed by atoms with Gasteiger partial charge in [-0.05, 0) is 25.7 Å². The van der Waals surface area contributed by atoms with Crippen molar-refractivity contribution in [2.45, 2.75) is 37.2 Å². The number of hydrogen-bond donors (Lipinski definition) is 2. The first-order valence-electron chi connectivity index (χ1n) is 5.89. The van der Waals surface area contributed by atoms with Crippen LogP contribution in [-0.2, 0) is 9.63 Å². The Balaban J connectivity index is 2.03. The fraction of sp³-hybridized carbons (Fsp3) is 0.545. The van der Waals surface area contributed by atoms with Gasteiger partial charge in [0.25, 0.3) is 0 Å². The highest BCUT2D eigenvalue weighted by atomic mass is 35.5. The number of thiazole rings is 1. The van der Waals surface area contributed by atoms with Crippen LogP contribution in [0.4, 0.5) is 5.13 Å². The molecule has 3 N–H and O–H groups in total. The highest BCUT2D eigenvalue weighted by Gasteiger charge is 2.22. The number of aromatic nitrogens is 1. The summed E-state index contributed by atoms with van der Waals surface area (Å²) >= 11 is 7.15. The third kappa shape index (κ3) is 3.81. The Morgan fingerprint density at radius 3 is 2.74 bits per heavy atom. The number of nitrogens with zero attached hydrogens (tertiary/aromatic N) is 2. The number of carboxylic acid groups (broad SMARTS) is 1. The number of rotatable bonds is 4. The van der Waals surface area contributed by atoms with E-state index in [9.17, 15) is 4.79 Å². The summed E-state index contributed by atoms with van der Waals surface area (Å²) in [7, 11) is 0. The van der Waals surface area contributed by atoms with E-state index in [-0.39, 0.29) is 22.9 Å². The summed E-state index contributed by atoms with van der Waals surface area (Å²) < 4.78 is 0. The van der Waals surface area contributed by atoms with Gasteiger partial charge in [0, 0.05) is 10.8 Å². The van der Waals surface area contributed by atoms with E-state index in [0.717, 1.165) is 37.0 Å². The molecule has 19 heavy (non-hydrogen) atoms. The van der Waals surface area contributed by atoms with E-state index in [1.54, 1.807) is 5.38 Å². The maximum Gasteiger partial charge on any atom is 0.360 e. The SMILES string of the molecule is Nc1nc(/C(=N/O[C@H]2CC[C@H](Cl)CC2)C(=O)O)cs1. The molecule has 0 amide bonds. The second kappa shape index (κ2) is 6.21. The molecule has 104 valence electrons. The van der Waals surface area contributed by atoms with Crippen molar-refractivity contribution in [1.29, 1.82) is 0 Å². The lowest BCUT2D eigenvalue weighted by atomic mass is 9.97. The standard InChI is InChI=1S/C11H14ClN3O3S/c12-6-1-3-7(4-2-6)18-15-9(10(16)17)8-5-19-11(13)14-8/h5-7H,1-4H2,(H2,13,14)(H,16,17)/b15-9-/t6-,7-. The number of alkyl halides is 1. The van der Waals surface area contributed by atoms with Gasteiger partial charge in [-0.3, -0.25) is 0 Å². The molecule has 1 aromatic rings. The fourth-order valence-corrected chi connectivity index (χ4v) is 2.65. The van der Waals surface area contributed by atoms with Crippen molar-refractivity contribution in [3.05, 3.63) is 11.1 Å². The average Bonchev–Trinajstić information content (AvgIpc) is 2.78. The Morgan fingerprint density at radius 2 is 2.21 bits per heavy atom. The highest BCUT2D eigenvalue weighted by Crippen LogP contribution is 2.25. The van der Waals surface area contributed by atoms with Gasteiger partial charge in [-0.2, -0.15) is 0 Å². The van der Waals surface area contributed by atoms with Crippen LogP contribution in [0.3, 0.4) is 0 Å². The van der Waals surface area contributed by atoms with E-state index in [4.69, 9.17) is 27.3 Å². The second-order valence-electron chi connectivity index (χ2n) is 4.30. The zero-order chi connectivity index (χ0) is 13.8. The molecule has 0 aliphatic heterocycles. The van der Waals surface area contributed by atoms with E-state index < -0.39 is 5.97 Å². The topological polar surface area (TPSA) is 97.8 Å². The van der Waals surface area contributed by atoms with Gasteiger partial charge in [0.2, 0.25) is 5.71 Å². The van der Waals surface area contributed by atoms with Gasteiger partial charge in [0.1, 0.15) is 11.8 Å². The Morgan fingerprint density at radius 1 is 1.53 bits per heavy atom. The summed E-state index contributed by atoms with van der Waals surface area (Å²) in [6.45, 7) is 0. The molecule has 0 radical (unpaired) electrons. The van der Waals surface area contributed by atoms with Crippen molar-refractivity contribution < 1.29 is 14.7 Å². The third-order valence-corrected chi connectivity index (χ3v) is 3.97. The zero-order valence-electron chi connectivity index (χ0n) is 10.1. The van der Waals surface area contributed by atoms with Crippen LogP contribution in [0, 0.1) is 0 Å². The minimum atomic E-state index is -1.18. The quantitative estimate of drug-likeness (QED) is 0.504. The molecule has 1 fully saturated rings. The first-order valence-corrected chi connectivity index (χ1v) is 7.20. The number of halogens is 1. The number of aliphatic carboxylic acids is 1. The van der Waals surface area contributed by atoms with Crippen LogP contribution in [0.25, 0.3) is 0 Å². The largest absolute Gasteiger partial charge is 0.476 e. The molecule has 0 atom stereocenters. The molecule has 1 aliphatic rings. The molecule has 1 heterocycles. The smallest absolute Gasteiger partial charge is 0.360 e. The number of nitrogen functional groups attached to an aromatic ring is 1. The molecular weight excluding hydrogens is 290 g/mol. The van der Waals surface area contributed by atoms with E-state index in [1.165, 1.54) is 0 Å². The Labute approximate surface area is 119 Å². The number of carbonyl (C=O) groups is 1. The third-order valence-electron chi connectivity index (χ3n) is 2.86. The van der Waals surface area contributed by atoms with Crippen molar-refractivity contribution in [1.82, 2.24) is 4.98 Å². The number of nitrogens with two attached hydrogens (primary N) is 1. The number of carboxylic acids is 1. The average molecular weight is 304 g/mol. The van der Waals surface area contributed by atoms with Crippen LogP contribution in [0.5, 0.6) is 0 Å². The lowest BCUT2D eigenvalue weighted by Gasteiger charge is -2.22. The van der Waals surface area contributed by atoms with Crippen molar-refractivity contribution in [3.63, 3.8) is 0 Å². The summed E-state index contributed by atoms with van der Waals surface area (Å²) in [4.78, 5) is 20.3. The Kier molecular flexibility index (Phi) is 4.60. The minimum absolute atomic E-state index is 0.0830. The Hall–Kier alpha value is -1.34. The fourth-order valence-electron chi connectivity index (χ4n) is 1.85. The van der Waals surface area contributed by atoms with Crippen LogP contribution in [0.2, 0.25) is 0 Å². The summed E-state index contributed by atoms with van der Waals surface area (Å²) in [5.74, 6) is -1.18. The van der Waals surface area contributed by atoms with Gasteiger partial charge in [-0.1, -0.05) is 5.16 Å². The zero-order valence-corrected chi connectivity index (χ0v) is 11.7. The van der Waals surface area contributed by atoms with E-state index in [0.29, 0.717) is 5.13 Å². The predicted molar refractivity (Wildman–Crippen MR) is 73.7 cm³/mol. The van der Waals surface area contributed by atoms with Crippen molar-refractivity contribution in [2.75, 3.05) is 5.73 Å². The molecule has 6 nitrogen and oxygen atoms in total.